The molecule has 88 valence electrons. The number of hydrogen-bond acceptors (Lipinski definition) is 2. The molecule has 1 saturated heterocycles. The van der Waals surface area contributed by atoms with Crippen LogP contribution in [-0.2, 0) is 4.74 Å². The van der Waals surface area contributed by atoms with E-state index in [9.17, 15) is 0 Å². The Morgan fingerprint density at radius 3 is 2.13 bits per heavy atom. The molecule has 1 heterocycles. The molecule has 0 N–H and O–H groups in total. The number of hydrogen-bond donors (Lipinski definition) is 0. The van der Waals surface area contributed by atoms with E-state index in [2.05, 4.69) is 30.6 Å². The van der Waals surface area contributed by atoms with Gasteiger partial charge in [0.2, 0.25) is 0 Å². The first-order chi connectivity index (χ1) is 6.90. The highest BCUT2D eigenvalue weighted by atomic mass is 16.5. The van der Waals surface area contributed by atoms with Crippen molar-refractivity contribution >= 4 is 5.96 Å². The Labute approximate surface area is 92.9 Å². The van der Waals surface area contributed by atoms with Crippen molar-refractivity contribution in [1.29, 1.82) is 0 Å². The van der Waals surface area contributed by atoms with Gasteiger partial charge in [-0.15, -0.1) is 0 Å². The lowest BCUT2D eigenvalue weighted by molar-refractivity contribution is 0.0633. The van der Waals surface area contributed by atoms with Gasteiger partial charge in [-0.2, -0.15) is 0 Å². The summed E-state index contributed by atoms with van der Waals surface area (Å²) in [6, 6.07) is 0. The lowest BCUT2D eigenvalue weighted by Gasteiger charge is -2.34. The molecule has 0 atom stereocenters. The first-order valence-electron chi connectivity index (χ1n) is 5.50. The third kappa shape index (κ3) is 4.08. The van der Waals surface area contributed by atoms with Crippen LogP contribution >= 0.6 is 0 Å². The maximum Gasteiger partial charge on any atom is 0.196 e. The van der Waals surface area contributed by atoms with Crippen LogP contribution in [0, 0.1) is 0 Å². The van der Waals surface area contributed by atoms with Crippen LogP contribution in [-0.4, -0.2) is 61.7 Å². The minimum atomic E-state index is -0.0299. The van der Waals surface area contributed by atoms with Crippen LogP contribution in [0.4, 0.5) is 0 Å². The number of rotatable bonds is 0. The second kappa shape index (κ2) is 4.84. The van der Waals surface area contributed by atoms with Crippen molar-refractivity contribution in [2.75, 3.05) is 40.4 Å². The van der Waals surface area contributed by atoms with Gasteiger partial charge in [0, 0.05) is 27.2 Å². The number of morpholine rings is 1. The van der Waals surface area contributed by atoms with E-state index in [0.717, 1.165) is 32.3 Å². The molecule has 0 aromatic heterocycles. The first kappa shape index (κ1) is 12.3. The Hall–Kier alpha value is -0.770. The van der Waals surface area contributed by atoms with Gasteiger partial charge in [0.15, 0.2) is 5.96 Å². The van der Waals surface area contributed by atoms with Gasteiger partial charge in [-0.25, -0.2) is 4.99 Å². The van der Waals surface area contributed by atoms with Crippen molar-refractivity contribution in [3.63, 3.8) is 0 Å². The number of nitrogens with zero attached hydrogens (tertiary/aromatic N) is 3. The van der Waals surface area contributed by atoms with Gasteiger partial charge in [-0.1, -0.05) is 0 Å². The monoisotopic (exact) mass is 213 g/mol. The van der Waals surface area contributed by atoms with Gasteiger partial charge in [-0.05, 0) is 20.8 Å². The van der Waals surface area contributed by atoms with Crippen molar-refractivity contribution in [3.8, 4) is 0 Å². The van der Waals surface area contributed by atoms with E-state index >= 15 is 0 Å². The van der Waals surface area contributed by atoms with Gasteiger partial charge in [0.05, 0.1) is 18.8 Å². The summed E-state index contributed by atoms with van der Waals surface area (Å²) in [5.41, 5.74) is -0.0299. The van der Waals surface area contributed by atoms with Crippen molar-refractivity contribution in [3.05, 3.63) is 0 Å². The zero-order valence-electron chi connectivity index (χ0n) is 10.6. The molecule has 0 unspecified atom stereocenters. The average molecular weight is 213 g/mol. The van der Waals surface area contributed by atoms with E-state index in [1.54, 1.807) is 0 Å². The molecule has 0 aromatic carbocycles. The predicted molar refractivity (Wildman–Crippen MR) is 63.3 cm³/mol. The van der Waals surface area contributed by atoms with Gasteiger partial charge in [0.25, 0.3) is 0 Å². The molecule has 0 spiro atoms. The van der Waals surface area contributed by atoms with Gasteiger partial charge in [-0.3, -0.25) is 0 Å². The van der Waals surface area contributed by atoms with Crippen LogP contribution in [0.25, 0.3) is 0 Å². The van der Waals surface area contributed by atoms with E-state index in [1.165, 1.54) is 0 Å². The summed E-state index contributed by atoms with van der Waals surface area (Å²) in [7, 11) is 4.08. The minimum Gasteiger partial charge on any atom is -0.378 e. The van der Waals surface area contributed by atoms with E-state index in [-0.39, 0.29) is 5.54 Å². The Balaban J connectivity index is 2.77. The normalized spacial score (nSPS) is 19.3. The first-order valence-corrected chi connectivity index (χ1v) is 5.50. The van der Waals surface area contributed by atoms with Crippen molar-refractivity contribution in [1.82, 2.24) is 9.80 Å². The average Bonchev–Trinajstić information content (AvgIpc) is 2.14. The maximum absolute atomic E-state index is 5.34. The Morgan fingerprint density at radius 1 is 1.20 bits per heavy atom. The third-order valence-corrected chi connectivity index (χ3v) is 2.13. The summed E-state index contributed by atoms with van der Waals surface area (Å²) in [5, 5.41) is 0. The largest absolute Gasteiger partial charge is 0.378 e. The molecule has 0 bridgehead atoms. The number of aliphatic imine (C=N–C) groups is 1. The molecular formula is C11H23N3O. The summed E-state index contributed by atoms with van der Waals surface area (Å²) in [4.78, 5) is 9.11. The molecule has 0 amide bonds. The fourth-order valence-corrected chi connectivity index (χ4v) is 1.52. The molecule has 1 rings (SSSR count). The smallest absolute Gasteiger partial charge is 0.196 e. The van der Waals surface area contributed by atoms with Gasteiger partial charge >= 0.3 is 0 Å². The minimum absolute atomic E-state index is 0.0299. The fraction of sp³-hybridized carbons (Fsp3) is 0.909. The second-order valence-electron chi connectivity index (χ2n) is 5.08. The Bertz CT molecular complexity index is 224. The third-order valence-electron chi connectivity index (χ3n) is 2.13. The van der Waals surface area contributed by atoms with Crippen molar-refractivity contribution < 1.29 is 4.74 Å². The van der Waals surface area contributed by atoms with E-state index in [0.29, 0.717) is 0 Å². The molecule has 0 saturated carbocycles. The molecule has 1 aliphatic rings. The predicted octanol–water partition coefficient (Wildman–Crippen LogP) is 1.03. The maximum atomic E-state index is 5.34. The molecule has 4 nitrogen and oxygen atoms in total. The summed E-state index contributed by atoms with van der Waals surface area (Å²) in [6.07, 6.45) is 0. The molecular weight excluding hydrogens is 190 g/mol. The highest BCUT2D eigenvalue weighted by molar-refractivity contribution is 5.80. The molecule has 4 heteroatoms. The van der Waals surface area contributed by atoms with Crippen LogP contribution in [0.3, 0.4) is 0 Å². The lowest BCUT2D eigenvalue weighted by Crippen LogP contribution is -2.47. The summed E-state index contributed by atoms with van der Waals surface area (Å²) in [6.45, 7) is 9.85. The van der Waals surface area contributed by atoms with Crippen molar-refractivity contribution in [2.45, 2.75) is 26.3 Å². The highest BCUT2D eigenvalue weighted by Gasteiger charge is 2.19. The van der Waals surface area contributed by atoms with Gasteiger partial charge in [0.1, 0.15) is 0 Å². The molecule has 0 aliphatic carbocycles. The number of ether oxygens (including phenoxy) is 1. The van der Waals surface area contributed by atoms with E-state index in [4.69, 9.17) is 9.73 Å². The standard InChI is InChI=1S/C11H23N3O/c1-11(2,3)12-10(13(4)5)14-6-8-15-9-7-14/h6-9H2,1-5H3. The number of guanidine groups is 1. The van der Waals surface area contributed by atoms with Crippen LogP contribution in [0.1, 0.15) is 20.8 Å². The van der Waals surface area contributed by atoms with Crippen LogP contribution in [0.15, 0.2) is 4.99 Å². The van der Waals surface area contributed by atoms with Gasteiger partial charge < -0.3 is 14.5 Å². The molecule has 1 fully saturated rings. The van der Waals surface area contributed by atoms with Crippen LogP contribution in [0.5, 0.6) is 0 Å². The molecule has 1 aliphatic heterocycles. The summed E-state index contributed by atoms with van der Waals surface area (Å²) in [5.74, 6) is 1.06. The molecule has 15 heavy (non-hydrogen) atoms. The Morgan fingerprint density at radius 2 is 1.73 bits per heavy atom. The Kier molecular flexibility index (Phi) is 3.97. The van der Waals surface area contributed by atoms with E-state index in [1.807, 2.05) is 14.1 Å². The molecule has 0 aromatic rings. The molecule has 0 radical (unpaired) electrons. The fourth-order valence-electron chi connectivity index (χ4n) is 1.52. The highest BCUT2D eigenvalue weighted by Crippen LogP contribution is 2.10. The topological polar surface area (TPSA) is 28.1 Å². The van der Waals surface area contributed by atoms with Crippen LogP contribution < -0.4 is 0 Å². The van der Waals surface area contributed by atoms with Crippen molar-refractivity contribution in [2.24, 2.45) is 4.99 Å². The van der Waals surface area contributed by atoms with Crippen LogP contribution in [0.2, 0.25) is 0 Å². The second-order valence-corrected chi connectivity index (χ2v) is 5.08. The SMILES string of the molecule is CN(C)C(=NC(C)(C)C)N1CCOCC1. The summed E-state index contributed by atoms with van der Waals surface area (Å²) < 4.78 is 5.34. The lowest BCUT2D eigenvalue weighted by atomic mass is 10.1. The zero-order valence-corrected chi connectivity index (χ0v) is 10.6. The summed E-state index contributed by atoms with van der Waals surface area (Å²) >= 11 is 0. The van der Waals surface area contributed by atoms with E-state index < -0.39 is 0 Å². The quantitative estimate of drug-likeness (QED) is 0.444. The zero-order chi connectivity index (χ0) is 11.5.